The molecule has 0 unspecified atom stereocenters. The molecule has 0 aliphatic rings. The van der Waals surface area contributed by atoms with Crippen LogP contribution in [0.25, 0.3) is 22.4 Å². The molecule has 1 aromatic heterocycles. The monoisotopic (exact) mass is 268 g/mol. The molecular formula is C16H10F2N2. The fourth-order valence-electron chi connectivity index (χ4n) is 1.93. The van der Waals surface area contributed by atoms with Crippen LogP contribution < -0.4 is 0 Å². The summed E-state index contributed by atoms with van der Waals surface area (Å²) in [6.45, 7) is 0. The third kappa shape index (κ3) is 2.54. The van der Waals surface area contributed by atoms with E-state index < -0.39 is 0 Å². The molecule has 20 heavy (non-hydrogen) atoms. The predicted molar refractivity (Wildman–Crippen MR) is 72.8 cm³/mol. The molecule has 4 heteroatoms. The van der Waals surface area contributed by atoms with Crippen LogP contribution in [0.4, 0.5) is 8.78 Å². The molecule has 98 valence electrons. The zero-order valence-electron chi connectivity index (χ0n) is 10.4. The van der Waals surface area contributed by atoms with Gasteiger partial charge in [0, 0.05) is 11.1 Å². The Labute approximate surface area is 114 Å². The van der Waals surface area contributed by atoms with Crippen molar-refractivity contribution in [2.24, 2.45) is 0 Å². The zero-order valence-corrected chi connectivity index (χ0v) is 10.4. The zero-order chi connectivity index (χ0) is 13.9. The van der Waals surface area contributed by atoms with E-state index in [1.807, 2.05) is 6.07 Å². The van der Waals surface area contributed by atoms with E-state index in [0.29, 0.717) is 5.69 Å². The summed E-state index contributed by atoms with van der Waals surface area (Å²) in [4.78, 5) is 0. The molecule has 0 saturated carbocycles. The summed E-state index contributed by atoms with van der Waals surface area (Å²) in [5, 5.41) is 7.98. The summed E-state index contributed by atoms with van der Waals surface area (Å²) in [7, 11) is 0. The molecule has 0 N–H and O–H groups in total. The van der Waals surface area contributed by atoms with Crippen LogP contribution in [0.15, 0.2) is 60.8 Å². The molecule has 1 heterocycles. The maximum absolute atomic E-state index is 12.9. The Morgan fingerprint density at radius 2 is 1.20 bits per heavy atom. The van der Waals surface area contributed by atoms with Crippen molar-refractivity contribution < 1.29 is 8.78 Å². The number of aromatic nitrogens is 2. The summed E-state index contributed by atoms with van der Waals surface area (Å²) >= 11 is 0. The van der Waals surface area contributed by atoms with Crippen molar-refractivity contribution in [2.75, 3.05) is 0 Å². The minimum atomic E-state index is -0.295. The van der Waals surface area contributed by atoms with E-state index in [1.54, 1.807) is 30.5 Å². The van der Waals surface area contributed by atoms with Gasteiger partial charge in [0.2, 0.25) is 0 Å². The van der Waals surface area contributed by atoms with Crippen LogP contribution in [0, 0.1) is 11.6 Å². The fourth-order valence-corrected chi connectivity index (χ4v) is 1.93. The van der Waals surface area contributed by atoms with Crippen molar-refractivity contribution >= 4 is 0 Å². The van der Waals surface area contributed by atoms with Crippen molar-refractivity contribution in [2.45, 2.75) is 0 Å². The van der Waals surface area contributed by atoms with Crippen LogP contribution in [0.3, 0.4) is 0 Å². The minimum Gasteiger partial charge on any atom is -0.207 e. The Hall–Kier alpha value is -2.62. The molecule has 0 fully saturated rings. The molecule has 0 atom stereocenters. The molecule has 3 rings (SSSR count). The smallest absolute Gasteiger partial charge is 0.123 e. The van der Waals surface area contributed by atoms with E-state index in [1.165, 1.54) is 24.3 Å². The Morgan fingerprint density at radius 3 is 1.80 bits per heavy atom. The number of hydrogen-bond donors (Lipinski definition) is 0. The van der Waals surface area contributed by atoms with Gasteiger partial charge in [-0.25, -0.2) is 8.78 Å². The highest BCUT2D eigenvalue weighted by molar-refractivity contribution is 5.69. The van der Waals surface area contributed by atoms with Crippen LogP contribution in [0.5, 0.6) is 0 Å². The quantitative estimate of drug-likeness (QED) is 0.699. The van der Waals surface area contributed by atoms with Crippen molar-refractivity contribution in [1.29, 1.82) is 0 Å². The average Bonchev–Trinajstić information content (AvgIpc) is 2.49. The first kappa shape index (κ1) is 12.4. The Balaban J connectivity index is 2.01. The van der Waals surface area contributed by atoms with E-state index in [9.17, 15) is 8.78 Å². The number of hydrogen-bond acceptors (Lipinski definition) is 2. The molecular weight excluding hydrogens is 258 g/mol. The molecule has 0 radical (unpaired) electrons. The highest BCUT2D eigenvalue weighted by Gasteiger charge is 2.04. The van der Waals surface area contributed by atoms with Crippen LogP contribution >= 0.6 is 0 Å². The number of nitrogens with zero attached hydrogens (tertiary/aromatic N) is 2. The van der Waals surface area contributed by atoms with Gasteiger partial charge in [-0.2, -0.15) is 10.2 Å². The van der Waals surface area contributed by atoms with E-state index >= 15 is 0 Å². The van der Waals surface area contributed by atoms with E-state index in [0.717, 1.165) is 16.7 Å². The van der Waals surface area contributed by atoms with Crippen LogP contribution in [0.1, 0.15) is 0 Å². The summed E-state index contributed by atoms with van der Waals surface area (Å²) in [5.74, 6) is -0.578. The number of halogens is 2. The summed E-state index contributed by atoms with van der Waals surface area (Å²) in [6.07, 6.45) is 1.61. The third-order valence-corrected chi connectivity index (χ3v) is 2.97. The Morgan fingerprint density at radius 1 is 0.650 bits per heavy atom. The van der Waals surface area contributed by atoms with Crippen LogP contribution in [-0.4, -0.2) is 10.2 Å². The van der Waals surface area contributed by atoms with Crippen molar-refractivity contribution in [3.63, 3.8) is 0 Å². The highest BCUT2D eigenvalue weighted by atomic mass is 19.1. The van der Waals surface area contributed by atoms with Gasteiger partial charge in [0.1, 0.15) is 11.6 Å². The first-order chi connectivity index (χ1) is 9.72. The summed E-state index contributed by atoms with van der Waals surface area (Å²) in [6, 6.07) is 14.0. The standard InChI is InChI=1S/C16H10F2N2/c17-14-5-1-11(2-6-14)13-9-16(20-19-10-13)12-3-7-15(18)8-4-12/h1-10H. The van der Waals surface area contributed by atoms with Crippen molar-refractivity contribution in [3.8, 4) is 22.4 Å². The Kier molecular flexibility index (Phi) is 3.21. The normalized spacial score (nSPS) is 10.5. The van der Waals surface area contributed by atoms with Gasteiger partial charge in [-0.05, 0) is 48.0 Å². The fraction of sp³-hybridized carbons (Fsp3) is 0. The minimum absolute atomic E-state index is 0.283. The lowest BCUT2D eigenvalue weighted by molar-refractivity contribution is 0.627. The van der Waals surface area contributed by atoms with Gasteiger partial charge >= 0.3 is 0 Å². The lowest BCUT2D eigenvalue weighted by atomic mass is 10.1. The molecule has 0 spiro atoms. The van der Waals surface area contributed by atoms with Crippen molar-refractivity contribution in [3.05, 3.63) is 72.4 Å². The summed E-state index contributed by atoms with van der Waals surface area (Å²) in [5.41, 5.74) is 3.11. The summed E-state index contributed by atoms with van der Waals surface area (Å²) < 4.78 is 25.8. The molecule has 0 aliphatic carbocycles. The SMILES string of the molecule is Fc1ccc(-c2cnnc(-c3ccc(F)cc3)c2)cc1. The molecule has 3 aromatic rings. The third-order valence-electron chi connectivity index (χ3n) is 2.97. The number of rotatable bonds is 2. The van der Waals surface area contributed by atoms with E-state index in [-0.39, 0.29) is 11.6 Å². The van der Waals surface area contributed by atoms with E-state index in [4.69, 9.17) is 0 Å². The molecule has 0 aliphatic heterocycles. The first-order valence-electron chi connectivity index (χ1n) is 6.07. The van der Waals surface area contributed by atoms with Crippen LogP contribution in [-0.2, 0) is 0 Å². The van der Waals surface area contributed by atoms with E-state index in [2.05, 4.69) is 10.2 Å². The maximum atomic E-state index is 12.9. The Bertz CT molecular complexity index is 661. The van der Waals surface area contributed by atoms with Gasteiger partial charge in [0.05, 0.1) is 11.9 Å². The highest BCUT2D eigenvalue weighted by Crippen LogP contribution is 2.23. The second-order valence-electron chi connectivity index (χ2n) is 4.34. The van der Waals surface area contributed by atoms with Gasteiger partial charge in [-0.3, -0.25) is 0 Å². The lowest BCUT2D eigenvalue weighted by Gasteiger charge is -2.04. The molecule has 0 bridgehead atoms. The molecule has 0 saturated heterocycles. The first-order valence-corrected chi connectivity index (χ1v) is 6.07. The topological polar surface area (TPSA) is 25.8 Å². The second-order valence-corrected chi connectivity index (χ2v) is 4.34. The maximum Gasteiger partial charge on any atom is 0.123 e. The van der Waals surface area contributed by atoms with Crippen LogP contribution in [0.2, 0.25) is 0 Å². The predicted octanol–water partition coefficient (Wildman–Crippen LogP) is 4.09. The molecule has 2 nitrogen and oxygen atoms in total. The van der Waals surface area contributed by atoms with Gasteiger partial charge < -0.3 is 0 Å². The molecule has 0 amide bonds. The van der Waals surface area contributed by atoms with Gasteiger partial charge in [0.15, 0.2) is 0 Å². The van der Waals surface area contributed by atoms with Gasteiger partial charge in [0.25, 0.3) is 0 Å². The van der Waals surface area contributed by atoms with Gasteiger partial charge in [-0.1, -0.05) is 12.1 Å². The second kappa shape index (κ2) is 5.17. The van der Waals surface area contributed by atoms with Gasteiger partial charge in [-0.15, -0.1) is 0 Å². The number of benzene rings is 2. The van der Waals surface area contributed by atoms with Crippen molar-refractivity contribution in [1.82, 2.24) is 10.2 Å². The lowest BCUT2D eigenvalue weighted by Crippen LogP contribution is -1.89. The molecule has 2 aromatic carbocycles. The largest absolute Gasteiger partial charge is 0.207 e. The average molecular weight is 268 g/mol.